The smallest absolute Gasteiger partial charge is 0.0314 e. The Morgan fingerprint density at radius 1 is 1.22 bits per heavy atom. The largest absolute Gasteiger partial charge is 0.399 e. The van der Waals surface area contributed by atoms with E-state index in [0.717, 1.165) is 18.5 Å². The number of anilines is 1. The second-order valence-corrected chi connectivity index (χ2v) is 4.62. The third-order valence-corrected chi connectivity index (χ3v) is 3.02. The molecule has 1 aromatic rings. The van der Waals surface area contributed by atoms with Crippen molar-refractivity contribution in [2.24, 2.45) is 0 Å². The van der Waals surface area contributed by atoms with Gasteiger partial charge in [0.05, 0.1) is 0 Å². The van der Waals surface area contributed by atoms with Crippen LogP contribution in [-0.2, 0) is 0 Å². The van der Waals surface area contributed by atoms with Crippen LogP contribution in [0.15, 0.2) is 54.1 Å². The summed E-state index contributed by atoms with van der Waals surface area (Å²) in [5.41, 5.74) is 11.8. The zero-order valence-electron chi connectivity index (χ0n) is 11.7. The lowest BCUT2D eigenvalue weighted by Crippen LogP contribution is -1.90. The number of hydrogen-bond donors (Lipinski definition) is 1. The van der Waals surface area contributed by atoms with Crippen LogP contribution in [0.5, 0.6) is 0 Å². The van der Waals surface area contributed by atoms with Crippen LogP contribution in [0.1, 0.15) is 39.2 Å². The van der Waals surface area contributed by atoms with Gasteiger partial charge in [0.25, 0.3) is 0 Å². The minimum absolute atomic E-state index is 0.810. The number of rotatable bonds is 5. The van der Waals surface area contributed by atoms with Crippen molar-refractivity contribution in [3.63, 3.8) is 0 Å². The molecule has 0 fully saturated rings. The molecule has 0 unspecified atom stereocenters. The number of nitrogen functional groups attached to an aromatic ring is 1. The first kappa shape index (κ1) is 14.3. The molecule has 0 aliphatic rings. The van der Waals surface area contributed by atoms with Crippen molar-refractivity contribution < 1.29 is 0 Å². The van der Waals surface area contributed by atoms with Gasteiger partial charge >= 0.3 is 0 Å². The highest BCUT2D eigenvalue weighted by atomic mass is 14.5. The summed E-state index contributed by atoms with van der Waals surface area (Å²) in [6, 6.07) is 8.10. The van der Waals surface area contributed by atoms with E-state index in [1.807, 2.05) is 18.2 Å². The second-order valence-electron chi connectivity index (χ2n) is 4.62. The maximum atomic E-state index is 5.73. The summed E-state index contributed by atoms with van der Waals surface area (Å²) in [4.78, 5) is 0. The van der Waals surface area contributed by atoms with Crippen molar-refractivity contribution in [3.8, 4) is 0 Å². The van der Waals surface area contributed by atoms with E-state index in [4.69, 9.17) is 5.73 Å². The SMILES string of the molecule is C=CC/C(C)=C\C(C)=C(/CC)c1ccc(N)cc1. The van der Waals surface area contributed by atoms with E-state index < -0.39 is 0 Å². The second kappa shape index (κ2) is 6.85. The summed E-state index contributed by atoms with van der Waals surface area (Å²) in [5, 5.41) is 0. The number of nitrogens with two attached hydrogens (primary N) is 1. The summed E-state index contributed by atoms with van der Waals surface area (Å²) < 4.78 is 0. The topological polar surface area (TPSA) is 26.0 Å². The summed E-state index contributed by atoms with van der Waals surface area (Å²) in [5.74, 6) is 0. The Morgan fingerprint density at radius 2 is 1.83 bits per heavy atom. The standard InChI is InChI=1S/C17H23N/c1-5-7-13(3)12-14(4)17(6-2)15-8-10-16(18)11-9-15/h5,8-12H,1,6-7,18H2,2-4H3/b13-12-,17-14+. The Kier molecular flexibility index (Phi) is 5.44. The molecule has 1 aromatic carbocycles. The fourth-order valence-corrected chi connectivity index (χ4v) is 2.14. The van der Waals surface area contributed by atoms with E-state index in [1.165, 1.54) is 22.3 Å². The highest BCUT2D eigenvalue weighted by molar-refractivity contribution is 5.71. The van der Waals surface area contributed by atoms with Gasteiger partial charge in [0.1, 0.15) is 0 Å². The quantitative estimate of drug-likeness (QED) is 0.439. The Hall–Kier alpha value is -1.76. The van der Waals surface area contributed by atoms with E-state index in [2.05, 4.69) is 45.6 Å². The lowest BCUT2D eigenvalue weighted by atomic mass is 9.96. The molecule has 0 aliphatic heterocycles. The first-order chi connectivity index (χ1) is 8.58. The molecule has 1 rings (SSSR count). The molecule has 18 heavy (non-hydrogen) atoms. The molecule has 0 aliphatic carbocycles. The van der Waals surface area contributed by atoms with Crippen LogP contribution in [-0.4, -0.2) is 0 Å². The van der Waals surface area contributed by atoms with Gasteiger partial charge in [-0.3, -0.25) is 0 Å². The van der Waals surface area contributed by atoms with E-state index in [1.54, 1.807) is 0 Å². The molecule has 0 spiro atoms. The molecule has 0 aromatic heterocycles. The fraction of sp³-hybridized carbons (Fsp3) is 0.294. The summed E-state index contributed by atoms with van der Waals surface area (Å²) in [7, 11) is 0. The normalized spacial score (nSPS) is 13.2. The van der Waals surface area contributed by atoms with Crippen LogP contribution in [0.25, 0.3) is 5.57 Å². The van der Waals surface area contributed by atoms with Crippen LogP contribution in [0.3, 0.4) is 0 Å². The van der Waals surface area contributed by atoms with Gasteiger partial charge in [-0.25, -0.2) is 0 Å². The molecule has 0 atom stereocenters. The van der Waals surface area contributed by atoms with Crippen molar-refractivity contribution >= 4 is 11.3 Å². The van der Waals surface area contributed by atoms with Crippen LogP contribution in [0.2, 0.25) is 0 Å². The Morgan fingerprint density at radius 3 is 2.33 bits per heavy atom. The molecule has 96 valence electrons. The van der Waals surface area contributed by atoms with Crippen molar-refractivity contribution in [1.29, 1.82) is 0 Å². The predicted molar refractivity (Wildman–Crippen MR) is 82.3 cm³/mol. The minimum Gasteiger partial charge on any atom is -0.399 e. The molecule has 0 bridgehead atoms. The molecular weight excluding hydrogens is 218 g/mol. The molecule has 0 heterocycles. The van der Waals surface area contributed by atoms with Gasteiger partial charge in [-0.2, -0.15) is 0 Å². The van der Waals surface area contributed by atoms with Gasteiger partial charge in [0, 0.05) is 5.69 Å². The molecule has 0 radical (unpaired) electrons. The van der Waals surface area contributed by atoms with Gasteiger partial charge in [-0.15, -0.1) is 6.58 Å². The molecular formula is C17H23N. The lowest BCUT2D eigenvalue weighted by molar-refractivity contribution is 1.18. The van der Waals surface area contributed by atoms with E-state index in [9.17, 15) is 0 Å². The average molecular weight is 241 g/mol. The van der Waals surface area contributed by atoms with Gasteiger partial charge in [-0.1, -0.05) is 36.8 Å². The first-order valence-corrected chi connectivity index (χ1v) is 6.42. The average Bonchev–Trinajstić information content (AvgIpc) is 2.32. The highest BCUT2D eigenvalue weighted by Crippen LogP contribution is 2.24. The predicted octanol–water partition coefficient (Wildman–Crippen LogP) is 4.97. The zero-order chi connectivity index (χ0) is 13.5. The Balaban J connectivity index is 3.10. The Bertz CT molecular complexity index is 461. The molecule has 0 saturated carbocycles. The van der Waals surface area contributed by atoms with Crippen LogP contribution >= 0.6 is 0 Å². The summed E-state index contributed by atoms with van der Waals surface area (Å²) >= 11 is 0. The zero-order valence-corrected chi connectivity index (χ0v) is 11.7. The number of allylic oxidation sites excluding steroid dienone is 5. The van der Waals surface area contributed by atoms with E-state index >= 15 is 0 Å². The Labute approximate surface area is 111 Å². The summed E-state index contributed by atoms with van der Waals surface area (Å²) in [6.07, 6.45) is 6.15. The maximum absolute atomic E-state index is 5.73. The maximum Gasteiger partial charge on any atom is 0.0314 e. The molecule has 0 saturated heterocycles. The van der Waals surface area contributed by atoms with Crippen molar-refractivity contribution in [1.82, 2.24) is 0 Å². The fourth-order valence-electron chi connectivity index (χ4n) is 2.14. The van der Waals surface area contributed by atoms with Gasteiger partial charge in [0.2, 0.25) is 0 Å². The molecule has 2 N–H and O–H groups in total. The van der Waals surface area contributed by atoms with Gasteiger partial charge in [-0.05, 0) is 55.5 Å². The molecule has 1 nitrogen and oxygen atoms in total. The van der Waals surface area contributed by atoms with Crippen LogP contribution in [0, 0.1) is 0 Å². The van der Waals surface area contributed by atoms with Crippen molar-refractivity contribution in [2.45, 2.75) is 33.6 Å². The minimum atomic E-state index is 0.810. The van der Waals surface area contributed by atoms with E-state index in [0.29, 0.717) is 0 Å². The van der Waals surface area contributed by atoms with Crippen molar-refractivity contribution in [2.75, 3.05) is 5.73 Å². The van der Waals surface area contributed by atoms with Gasteiger partial charge < -0.3 is 5.73 Å². The van der Waals surface area contributed by atoms with Crippen molar-refractivity contribution in [3.05, 3.63) is 59.7 Å². The highest BCUT2D eigenvalue weighted by Gasteiger charge is 2.02. The molecule has 1 heteroatoms. The molecule has 0 amide bonds. The van der Waals surface area contributed by atoms with Gasteiger partial charge in [0.15, 0.2) is 0 Å². The van der Waals surface area contributed by atoms with Crippen LogP contribution < -0.4 is 5.73 Å². The monoisotopic (exact) mass is 241 g/mol. The number of hydrogen-bond acceptors (Lipinski definition) is 1. The summed E-state index contributed by atoms with van der Waals surface area (Å²) in [6.45, 7) is 10.3. The third kappa shape index (κ3) is 3.92. The first-order valence-electron chi connectivity index (χ1n) is 6.42. The number of benzene rings is 1. The third-order valence-electron chi connectivity index (χ3n) is 3.02. The van der Waals surface area contributed by atoms with E-state index in [-0.39, 0.29) is 0 Å². The van der Waals surface area contributed by atoms with Crippen LogP contribution in [0.4, 0.5) is 5.69 Å². The lowest BCUT2D eigenvalue weighted by Gasteiger charge is -2.09.